The van der Waals surface area contributed by atoms with Crippen LogP contribution in [0.25, 0.3) is 0 Å². The number of rotatable bonds is 10. The maximum absolute atomic E-state index is 13.2. The highest BCUT2D eigenvalue weighted by Crippen LogP contribution is 2.32. The first-order valence-electron chi connectivity index (χ1n) is 14.3. The minimum absolute atomic E-state index is 0.0482. The second-order valence-electron chi connectivity index (χ2n) is 12.1. The van der Waals surface area contributed by atoms with Gasteiger partial charge in [0.2, 0.25) is 5.91 Å². The SMILES string of the molecule is CC(CNSP)CC(CCc1ccccc1)C(=O)NC1c2ccccc2CC1O.Cc1ccc(C(C)(C)C)cc1. The Hall–Kier alpha value is -2.17. The molecule has 40 heavy (non-hydrogen) atoms. The number of nitrogens with one attached hydrogen (secondary N) is 2. The lowest BCUT2D eigenvalue weighted by Gasteiger charge is -2.25. The highest BCUT2D eigenvalue weighted by molar-refractivity contribution is 8.42. The van der Waals surface area contributed by atoms with Gasteiger partial charge in [-0.1, -0.05) is 132 Å². The number of carbonyl (C=O) groups excluding carboxylic acids is 1. The van der Waals surface area contributed by atoms with Crippen LogP contribution in [0.3, 0.4) is 0 Å². The van der Waals surface area contributed by atoms with Crippen LogP contribution >= 0.6 is 20.0 Å². The molecular formula is C34H47N2O2PS. The van der Waals surface area contributed by atoms with Crippen LogP contribution in [-0.2, 0) is 23.1 Å². The zero-order chi connectivity index (χ0) is 29.1. The van der Waals surface area contributed by atoms with Gasteiger partial charge in [0.1, 0.15) is 0 Å². The molecule has 4 nitrogen and oxygen atoms in total. The number of fused-ring (bicyclic) bond motifs is 1. The Morgan fingerprint density at radius 1 is 1.02 bits per heavy atom. The van der Waals surface area contributed by atoms with Gasteiger partial charge in [-0.05, 0) is 59.8 Å². The number of hydrogen-bond acceptors (Lipinski definition) is 4. The largest absolute Gasteiger partial charge is 0.390 e. The molecule has 6 heteroatoms. The Morgan fingerprint density at radius 3 is 2.33 bits per heavy atom. The van der Waals surface area contributed by atoms with Crippen molar-refractivity contribution in [2.24, 2.45) is 11.8 Å². The normalized spacial score (nSPS) is 17.8. The molecule has 0 aliphatic heterocycles. The third kappa shape index (κ3) is 10.0. The molecule has 4 rings (SSSR count). The van der Waals surface area contributed by atoms with E-state index in [0.717, 1.165) is 36.9 Å². The lowest BCUT2D eigenvalue weighted by atomic mass is 9.87. The van der Waals surface area contributed by atoms with Crippen LogP contribution < -0.4 is 10.0 Å². The summed E-state index contributed by atoms with van der Waals surface area (Å²) in [6.07, 6.45) is 2.54. The summed E-state index contributed by atoms with van der Waals surface area (Å²) in [6.45, 7) is 11.9. The molecule has 0 spiro atoms. The van der Waals surface area contributed by atoms with Gasteiger partial charge in [-0.15, -0.1) is 0 Å². The molecule has 1 amide bonds. The monoisotopic (exact) mass is 578 g/mol. The Kier molecular flexibility index (Phi) is 12.7. The number of amides is 1. The second-order valence-corrected chi connectivity index (χ2v) is 13.3. The predicted molar refractivity (Wildman–Crippen MR) is 174 cm³/mol. The fourth-order valence-corrected chi connectivity index (χ4v) is 5.84. The van der Waals surface area contributed by atoms with E-state index in [1.165, 1.54) is 28.3 Å². The summed E-state index contributed by atoms with van der Waals surface area (Å²) < 4.78 is 3.27. The minimum atomic E-state index is -0.557. The summed E-state index contributed by atoms with van der Waals surface area (Å²) in [5, 5.41) is 13.7. The summed E-state index contributed by atoms with van der Waals surface area (Å²) >= 11 is 1.53. The van der Waals surface area contributed by atoms with Crippen LogP contribution in [0, 0.1) is 18.8 Å². The molecule has 0 bridgehead atoms. The van der Waals surface area contributed by atoms with Gasteiger partial charge < -0.3 is 10.4 Å². The van der Waals surface area contributed by atoms with E-state index in [0.29, 0.717) is 12.3 Å². The Balaban J connectivity index is 0.000000336. The Morgan fingerprint density at radius 2 is 1.68 bits per heavy atom. The zero-order valence-electron chi connectivity index (χ0n) is 24.7. The molecule has 0 fully saturated rings. The van der Waals surface area contributed by atoms with Crippen LogP contribution in [0.5, 0.6) is 0 Å². The van der Waals surface area contributed by atoms with Crippen LogP contribution in [0.15, 0.2) is 78.9 Å². The van der Waals surface area contributed by atoms with E-state index in [1.807, 2.05) is 42.5 Å². The fourth-order valence-electron chi connectivity index (χ4n) is 5.17. The predicted octanol–water partition coefficient (Wildman–Crippen LogP) is 7.36. The van der Waals surface area contributed by atoms with E-state index in [2.05, 4.69) is 89.5 Å². The van der Waals surface area contributed by atoms with Gasteiger partial charge in [-0.25, -0.2) is 0 Å². The molecule has 216 valence electrons. The van der Waals surface area contributed by atoms with Gasteiger partial charge >= 0.3 is 0 Å². The Bertz CT molecular complexity index is 1180. The lowest BCUT2D eigenvalue weighted by Crippen LogP contribution is -2.39. The molecular weight excluding hydrogens is 531 g/mol. The van der Waals surface area contributed by atoms with Crippen molar-refractivity contribution < 1.29 is 9.90 Å². The summed E-state index contributed by atoms with van der Waals surface area (Å²) in [5.41, 5.74) is 6.45. The number of aryl methyl sites for hydroxylation is 2. The number of benzene rings is 3. The number of aliphatic hydroxyl groups is 1. The van der Waals surface area contributed by atoms with Crippen molar-refractivity contribution >= 4 is 25.9 Å². The quantitative estimate of drug-likeness (QED) is 0.174. The molecule has 1 aliphatic rings. The molecule has 3 aromatic rings. The molecule has 3 N–H and O–H groups in total. The first-order chi connectivity index (χ1) is 19.1. The topological polar surface area (TPSA) is 61.4 Å². The molecule has 5 atom stereocenters. The molecule has 0 saturated heterocycles. The molecule has 3 aromatic carbocycles. The van der Waals surface area contributed by atoms with Crippen molar-refractivity contribution in [3.8, 4) is 0 Å². The third-order valence-corrected chi connectivity index (χ3v) is 8.45. The van der Waals surface area contributed by atoms with Gasteiger partial charge in [-0.3, -0.25) is 9.52 Å². The van der Waals surface area contributed by atoms with Gasteiger partial charge in [0.05, 0.1) is 12.1 Å². The fraction of sp³-hybridized carbons (Fsp3) is 0.441. The number of hydrogen-bond donors (Lipinski definition) is 3. The van der Waals surface area contributed by atoms with E-state index >= 15 is 0 Å². The van der Waals surface area contributed by atoms with Crippen LogP contribution in [0.1, 0.15) is 74.4 Å². The summed E-state index contributed by atoms with van der Waals surface area (Å²) in [6, 6.07) is 26.8. The van der Waals surface area contributed by atoms with Crippen LogP contribution in [-0.4, -0.2) is 23.7 Å². The first-order valence-corrected chi connectivity index (χ1v) is 16.6. The highest BCUT2D eigenvalue weighted by Gasteiger charge is 2.33. The third-order valence-electron chi connectivity index (χ3n) is 7.62. The summed E-state index contributed by atoms with van der Waals surface area (Å²) in [7, 11) is 2.59. The van der Waals surface area contributed by atoms with E-state index in [9.17, 15) is 9.90 Å². The molecule has 0 heterocycles. The van der Waals surface area contributed by atoms with Crippen LogP contribution in [0.2, 0.25) is 0 Å². The molecule has 0 radical (unpaired) electrons. The number of carbonyl (C=O) groups is 1. The number of aliphatic hydroxyl groups excluding tert-OH is 1. The van der Waals surface area contributed by atoms with Crippen molar-refractivity contribution in [1.82, 2.24) is 10.0 Å². The van der Waals surface area contributed by atoms with Crippen molar-refractivity contribution in [1.29, 1.82) is 0 Å². The summed E-state index contributed by atoms with van der Waals surface area (Å²) in [5.74, 6) is 0.351. The molecule has 0 saturated carbocycles. The average molecular weight is 579 g/mol. The van der Waals surface area contributed by atoms with Gasteiger partial charge in [0.15, 0.2) is 0 Å². The van der Waals surface area contributed by atoms with Gasteiger partial charge in [-0.2, -0.15) is 0 Å². The lowest BCUT2D eigenvalue weighted by molar-refractivity contribution is -0.127. The van der Waals surface area contributed by atoms with E-state index in [1.54, 1.807) is 0 Å². The maximum Gasteiger partial charge on any atom is 0.223 e. The zero-order valence-corrected chi connectivity index (χ0v) is 26.7. The highest BCUT2D eigenvalue weighted by atomic mass is 32.7. The molecule has 1 aliphatic carbocycles. The average Bonchev–Trinajstić information content (AvgIpc) is 3.25. The smallest absolute Gasteiger partial charge is 0.223 e. The van der Waals surface area contributed by atoms with E-state index in [-0.39, 0.29) is 23.3 Å². The molecule has 5 unspecified atom stereocenters. The van der Waals surface area contributed by atoms with E-state index in [4.69, 9.17) is 0 Å². The van der Waals surface area contributed by atoms with Crippen molar-refractivity contribution in [3.63, 3.8) is 0 Å². The standard InChI is InChI=1S/C23H31N2O2PS.C11H16/c1-16(15-24-29-28)13-19(12-11-17-7-3-2-4-8-17)23(27)25-22-20-10-6-5-9-18(20)14-21(22)26;1-9-5-7-10(8-6-9)11(2,3)4/h2-10,16,19,21-22,24,26H,11-15,28H2,1H3,(H,25,27);5-8H,1-4H3. The molecule has 0 aromatic heterocycles. The van der Waals surface area contributed by atoms with Gasteiger partial charge in [0, 0.05) is 18.9 Å². The van der Waals surface area contributed by atoms with E-state index < -0.39 is 6.10 Å². The van der Waals surface area contributed by atoms with Crippen molar-refractivity contribution in [3.05, 3.63) is 107 Å². The second kappa shape index (κ2) is 15.7. The van der Waals surface area contributed by atoms with Crippen LogP contribution in [0.4, 0.5) is 0 Å². The van der Waals surface area contributed by atoms with Gasteiger partial charge in [0.25, 0.3) is 0 Å². The van der Waals surface area contributed by atoms with Crippen molar-refractivity contribution in [2.75, 3.05) is 6.54 Å². The maximum atomic E-state index is 13.2. The first kappa shape index (κ1) is 32.3. The summed E-state index contributed by atoms with van der Waals surface area (Å²) in [4.78, 5) is 13.2. The Labute approximate surface area is 248 Å². The van der Waals surface area contributed by atoms with Crippen molar-refractivity contribution in [2.45, 2.75) is 77.9 Å². The minimum Gasteiger partial charge on any atom is -0.390 e.